The number of piperazine rings is 1. The van der Waals surface area contributed by atoms with E-state index in [2.05, 4.69) is 10.1 Å². The van der Waals surface area contributed by atoms with Crippen LogP contribution in [0.4, 0.5) is 0 Å². The Bertz CT molecular complexity index is 539. The fraction of sp³-hybridized carbons (Fsp3) is 0.765. The highest BCUT2D eigenvalue weighted by Gasteiger charge is 2.29. The zero-order valence-electron chi connectivity index (χ0n) is 15.1. The molecule has 1 aliphatic carbocycles. The van der Waals surface area contributed by atoms with Gasteiger partial charge in [0.05, 0.1) is 5.69 Å². The van der Waals surface area contributed by atoms with Gasteiger partial charge in [0.2, 0.25) is 5.91 Å². The molecule has 2 heterocycles. The molecule has 1 saturated carbocycles. The lowest BCUT2D eigenvalue weighted by molar-refractivity contribution is -0.134. The summed E-state index contributed by atoms with van der Waals surface area (Å²) in [5, 5.41) is 4.01. The summed E-state index contributed by atoms with van der Waals surface area (Å²) in [6.07, 6.45) is 3.98. The molecule has 144 valence electrons. The largest absolute Gasteiger partial charge is 0.361 e. The Balaban J connectivity index is 0.00000156. The van der Waals surface area contributed by atoms with E-state index in [0.29, 0.717) is 12.3 Å². The van der Waals surface area contributed by atoms with Gasteiger partial charge in [-0.05, 0) is 32.6 Å². The molecule has 2 aliphatic rings. The second kappa shape index (κ2) is 9.76. The van der Waals surface area contributed by atoms with Gasteiger partial charge in [0.1, 0.15) is 5.76 Å². The molecule has 2 fully saturated rings. The number of aryl methyl sites for hydroxylation is 2. The van der Waals surface area contributed by atoms with Crippen molar-refractivity contribution in [3.8, 4) is 0 Å². The second-order valence-corrected chi connectivity index (χ2v) is 7.02. The molecule has 1 aliphatic heterocycles. The van der Waals surface area contributed by atoms with Crippen molar-refractivity contribution in [2.24, 2.45) is 11.7 Å². The minimum Gasteiger partial charge on any atom is -0.361 e. The molecule has 0 bridgehead atoms. The predicted molar refractivity (Wildman–Crippen MR) is 102 cm³/mol. The van der Waals surface area contributed by atoms with Crippen LogP contribution < -0.4 is 5.73 Å². The van der Waals surface area contributed by atoms with Gasteiger partial charge in [0.25, 0.3) is 0 Å². The first-order valence-electron chi connectivity index (χ1n) is 8.72. The Morgan fingerprint density at radius 1 is 1.20 bits per heavy atom. The normalized spacial score (nSPS) is 23.9. The molecule has 0 spiro atoms. The van der Waals surface area contributed by atoms with E-state index in [-0.39, 0.29) is 36.8 Å². The lowest BCUT2D eigenvalue weighted by Gasteiger charge is -2.35. The number of hydrogen-bond donors (Lipinski definition) is 1. The highest BCUT2D eigenvalue weighted by Crippen LogP contribution is 2.27. The topological polar surface area (TPSA) is 75.6 Å². The van der Waals surface area contributed by atoms with Crippen LogP contribution in [-0.2, 0) is 11.3 Å². The smallest absolute Gasteiger partial charge is 0.222 e. The Hall–Kier alpha value is -0.820. The first-order valence-corrected chi connectivity index (χ1v) is 8.72. The summed E-state index contributed by atoms with van der Waals surface area (Å²) in [5.74, 6) is 1.57. The van der Waals surface area contributed by atoms with Crippen molar-refractivity contribution in [3.63, 3.8) is 0 Å². The molecule has 1 aromatic rings. The summed E-state index contributed by atoms with van der Waals surface area (Å²) in [6, 6.07) is 0.222. The fourth-order valence-electron chi connectivity index (χ4n) is 3.78. The summed E-state index contributed by atoms with van der Waals surface area (Å²) in [5.41, 5.74) is 8.24. The molecule has 2 N–H and O–H groups in total. The molecule has 1 aromatic heterocycles. The van der Waals surface area contributed by atoms with Gasteiger partial charge in [0, 0.05) is 50.7 Å². The first-order chi connectivity index (χ1) is 11.0. The summed E-state index contributed by atoms with van der Waals surface area (Å²) < 4.78 is 5.23. The van der Waals surface area contributed by atoms with Gasteiger partial charge in [-0.25, -0.2) is 0 Å². The molecule has 6 nitrogen and oxygen atoms in total. The van der Waals surface area contributed by atoms with E-state index in [1.807, 2.05) is 18.7 Å². The highest BCUT2D eigenvalue weighted by atomic mass is 35.5. The lowest BCUT2D eigenvalue weighted by Crippen LogP contribution is -2.49. The Kier molecular flexibility index (Phi) is 8.68. The van der Waals surface area contributed by atoms with Crippen molar-refractivity contribution < 1.29 is 9.32 Å². The average Bonchev–Trinajstić information content (AvgIpc) is 3.08. The Morgan fingerprint density at radius 3 is 2.40 bits per heavy atom. The average molecular weight is 393 g/mol. The van der Waals surface area contributed by atoms with Crippen LogP contribution in [0, 0.1) is 19.8 Å². The number of nitrogens with two attached hydrogens (primary N) is 1. The van der Waals surface area contributed by atoms with Crippen molar-refractivity contribution in [1.82, 2.24) is 15.0 Å². The maximum absolute atomic E-state index is 12.5. The van der Waals surface area contributed by atoms with Crippen molar-refractivity contribution >= 4 is 30.7 Å². The van der Waals surface area contributed by atoms with Crippen LogP contribution in [0.1, 0.15) is 42.7 Å². The van der Waals surface area contributed by atoms with E-state index in [0.717, 1.165) is 57.0 Å². The molecule has 0 unspecified atom stereocenters. The van der Waals surface area contributed by atoms with Crippen molar-refractivity contribution in [1.29, 1.82) is 0 Å². The van der Waals surface area contributed by atoms with Crippen LogP contribution in [-0.4, -0.2) is 53.1 Å². The predicted octanol–water partition coefficient (Wildman–Crippen LogP) is 2.30. The van der Waals surface area contributed by atoms with Gasteiger partial charge in [-0.1, -0.05) is 11.6 Å². The van der Waals surface area contributed by atoms with Crippen LogP contribution in [0.5, 0.6) is 0 Å². The number of rotatable bonds is 4. The number of hydrogen-bond acceptors (Lipinski definition) is 5. The van der Waals surface area contributed by atoms with E-state index < -0.39 is 0 Å². The third kappa shape index (κ3) is 5.33. The minimum atomic E-state index is 0. The Morgan fingerprint density at radius 2 is 1.88 bits per heavy atom. The van der Waals surface area contributed by atoms with E-state index >= 15 is 0 Å². The number of amides is 1. The van der Waals surface area contributed by atoms with Crippen LogP contribution >= 0.6 is 24.8 Å². The second-order valence-electron chi connectivity index (χ2n) is 7.02. The fourth-order valence-corrected chi connectivity index (χ4v) is 3.78. The molecule has 0 aromatic carbocycles. The standard InChI is InChI=1S/C17H28N4O2.2ClH/c1-12-15(13(2)23-19-12)11-20-6-8-21(9-7-20)17(22)10-14-4-3-5-16(14)18;;/h14,16H,3-11,18H2,1-2H3;2*1H/t14-,16+;;/m0../s1. The molecule has 3 rings (SSSR count). The summed E-state index contributed by atoms with van der Waals surface area (Å²) in [7, 11) is 0. The SMILES string of the molecule is Cc1noc(C)c1CN1CCN(C(=O)C[C@@H]2CCC[C@H]2N)CC1.Cl.Cl. The lowest BCUT2D eigenvalue weighted by atomic mass is 9.99. The number of halogens is 2. The van der Waals surface area contributed by atoms with Gasteiger partial charge in [-0.3, -0.25) is 9.69 Å². The number of carbonyl (C=O) groups excluding carboxylic acids is 1. The van der Waals surface area contributed by atoms with Crippen LogP contribution in [0.2, 0.25) is 0 Å². The Labute approximate surface area is 162 Å². The van der Waals surface area contributed by atoms with E-state index in [9.17, 15) is 4.79 Å². The zero-order valence-corrected chi connectivity index (χ0v) is 16.7. The quantitative estimate of drug-likeness (QED) is 0.850. The monoisotopic (exact) mass is 392 g/mol. The van der Waals surface area contributed by atoms with E-state index in [1.165, 1.54) is 12.0 Å². The van der Waals surface area contributed by atoms with Gasteiger partial charge < -0.3 is 15.2 Å². The molecule has 1 amide bonds. The summed E-state index contributed by atoms with van der Waals surface area (Å²) in [6.45, 7) is 8.24. The van der Waals surface area contributed by atoms with Gasteiger partial charge in [-0.2, -0.15) is 0 Å². The third-order valence-electron chi connectivity index (χ3n) is 5.44. The summed E-state index contributed by atoms with van der Waals surface area (Å²) >= 11 is 0. The number of aromatic nitrogens is 1. The zero-order chi connectivity index (χ0) is 16.4. The summed E-state index contributed by atoms with van der Waals surface area (Å²) in [4.78, 5) is 16.8. The van der Waals surface area contributed by atoms with E-state index in [4.69, 9.17) is 10.3 Å². The molecule has 8 heteroatoms. The van der Waals surface area contributed by atoms with Crippen molar-refractivity contribution in [2.75, 3.05) is 26.2 Å². The number of nitrogens with zero attached hydrogens (tertiary/aromatic N) is 3. The first kappa shape index (κ1) is 22.2. The minimum absolute atomic E-state index is 0. The van der Waals surface area contributed by atoms with Crippen LogP contribution in [0.15, 0.2) is 4.52 Å². The molecule has 25 heavy (non-hydrogen) atoms. The third-order valence-corrected chi connectivity index (χ3v) is 5.44. The van der Waals surface area contributed by atoms with Crippen molar-refractivity contribution in [3.05, 3.63) is 17.0 Å². The highest BCUT2D eigenvalue weighted by molar-refractivity contribution is 5.85. The molecule has 2 atom stereocenters. The van der Waals surface area contributed by atoms with Gasteiger partial charge in [0.15, 0.2) is 0 Å². The maximum atomic E-state index is 12.5. The molecule has 0 radical (unpaired) electrons. The van der Waals surface area contributed by atoms with Crippen molar-refractivity contribution in [2.45, 2.75) is 52.1 Å². The maximum Gasteiger partial charge on any atom is 0.222 e. The molecular weight excluding hydrogens is 363 g/mol. The van der Waals surface area contributed by atoms with Crippen LogP contribution in [0.25, 0.3) is 0 Å². The number of carbonyl (C=O) groups is 1. The van der Waals surface area contributed by atoms with Crippen LogP contribution in [0.3, 0.4) is 0 Å². The molecule has 1 saturated heterocycles. The molecular formula is C17H30Cl2N4O2. The van der Waals surface area contributed by atoms with Gasteiger partial charge in [-0.15, -0.1) is 24.8 Å². The van der Waals surface area contributed by atoms with E-state index in [1.54, 1.807) is 0 Å². The van der Waals surface area contributed by atoms with Gasteiger partial charge >= 0.3 is 0 Å².